The van der Waals surface area contributed by atoms with Gasteiger partial charge in [0.2, 0.25) is 5.91 Å². The molecule has 4 N–H and O–H groups in total. The summed E-state index contributed by atoms with van der Waals surface area (Å²) in [5.74, 6) is -1.24. The van der Waals surface area contributed by atoms with E-state index in [2.05, 4.69) is 5.32 Å². The third-order valence-electron chi connectivity index (χ3n) is 2.71. The molecule has 0 saturated carbocycles. The van der Waals surface area contributed by atoms with Gasteiger partial charge in [-0.15, -0.1) is 0 Å². The average molecular weight is 226 g/mol. The minimum absolute atomic E-state index is 0.0370. The Balaban J connectivity index is 2.43. The zero-order valence-corrected chi connectivity index (χ0v) is 9.35. The third-order valence-corrected chi connectivity index (χ3v) is 2.71. The van der Waals surface area contributed by atoms with Gasteiger partial charge in [-0.05, 0) is 12.8 Å². The van der Waals surface area contributed by atoms with Crippen molar-refractivity contribution in [1.29, 1.82) is 0 Å². The summed E-state index contributed by atoms with van der Waals surface area (Å²) in [6, 6.07) is -0.356. The Morgan fingerprint density at radius 3 is 2.69 bits per heavy atom. The van der Waals surface area contributed by atoms with E-state index in [9.17, 15) is 9.59 Å². The van der Waals surface area contributed by atoms with Gasteiger partial charge in [0, 0.05) is 12.1 Å². The molecule has 1 aliphatic carbocycles. The summed E-state index contributed by atoms with van der Waals surface area (Å²) >= 11 is 0. The molecule has 3 atom stereocenters. The first-order valence-corrected chi connectivity index (χ1v) is 5.49. The molecule has 0 spiro atoms. The SMILES string of the molecule is CCC(CC(=O)O)NC(=O)C1C=CC(N)C1. The number of rotatable bonds is 5. The Morgan fingerprint density at radius 2 is 2.25 bits per heavy atom. The number of carboxylic acid groups (broad SMARTS) is 1. The molecule has 5 nitrogen and oxygen atoms in total. The number of carbonyl (C=O) groups is 2. The fourth-order valence-corrected chi connectivity index (χ4v) is 1.74. The van der Waals surface area contributed by atoms with Crippen molar-refractivity contribution in [2.45, 2.75) is 38.3 Å². The Morgan fingerprint density at radius 1 is 1.56 bits per heavy atom. The second-order valence-electron chi connectivity index (χ2n) is 4.10. The lowest BCUT2D eigenvalue weighted by atomic mass is 10.1. The highest BCUT2D eigenvalue weighted by atomic mass is 16.4. The lowest BCUT2D eigenvalue weighted by molar-refractivity contribution is -0.137. The van der Waals surface area contributed by atoms with Gasteiger partial charge < -0.3 is 16.2 Å². The van der Waals surface area contributed by atoms with Crippen LogP contribution in [0.1, 0.15) is 26.2 Å². The van der Waals surface area contributed by atoms with Crippen LogP contribution in [0.2, 0.25) is 0 Å². The fraction of sp³-hybridized carbons (Fsp3) is 0.636. The summed E-state index contributed by atoms with van der Waals surface area (Å²) in [6.45, 7) is 1.85. The van der Waals surface area contributed by atoms with Gasteiger partial charge in [-0.3, -0.25) is 9.59 Å². The monoisotopic (exact) mass is 226 g/mol. The molecule has 0 radical (unpaired) electrons. The van der Waals surface area contributed by atoms with E-state index in [4.69, 9.17) is 10.8 Å². The maximum atomic E-state index is 11.7. The summed E-state index contributed by atoms with van der Waals surface area (Å²) in [5.41, 5.74) is 5.65. The molecule has 0 aromatic heterocycles. The predicted octanol–water partition coefficient (Wildman–Crippen LogP) is 0.259. The van der Waals surface area contributed by atoms with Crippen molar-refractivity contribution >= 4 is 11.9 Å². The van der Waals surface area contributed by atoms with E-state index in [1.54, 1.807) is 6.08 Å². The lowest BCUT2D eigenvalue weighted by Crippen LogP contribution is -2.39. The molecule has 16 heavy (non-hydrogen) atoms. The van der Waals surface area contributed by atoms with Gasteiger partial charge in [0.1, 0.15) is 0 Å². The largest absolute Gasteiger partial charge is 0.481 e. The molecule has 0 aromatic rings. The number of carboxylic acids is 1. The van der Waals surface area contributed by atoms with Crippen LogP contribution in [-0.2, 0) is 9.59 Å². The van der Waals surface area contributed by atoms with E-state index in [-0.39, 0.29) is 30.3 Å². The molecule has 0 fully saturated rings. The maximum absolute atomic E-state index is 11.7. The van der Waals surface area contributed by atoms with Crippen molar-refractivity contribution in [3.63, 3.8) is 0 Å². The molecule has 5 heteroatoms. The molecular formula is C11H18N2O3. The Bertz CT molecular complexity index is 302. The maximum Gasteiger partial charge on any atom is 0.305 e. The number of hydrogen-bond acceptors (Lipinski definition) is 3. The lowest BCUT2D eigenvalue weighted by Gasteiger charge is -2.17. The first-order chi connectivity index (χ1) is 7.52. The van der Waals surface area contributed by atoms with Crippen LogP contribution in [-0.4, -0.2) is 29.1 Å². The van der Waals surface area contributed by atoms with Gasteiger partial charge >= 0.3 is 5.97 Å². The average Bonchev–Trinajstić information content (AvgIpc) is 2.63. The number of amides is 1. The molecule has 3 unspecified atom stereocenters. The van der Waals surface area contributed by atoms with Crippen molar-refractivity contribution < 1.29 is 14.7 Å². The van der Waals surface area contributed by atoms with E-state index in [0.717, 1.165) is 0 Å². The Kier molecular flexibility index (Phi) is 4.49. The quantitative estimate of drug-likeness (QED) is 0.586. The van der Waals surface area contributed by atoms with Gasteiger partial charge in [0.15, 0.2) is 0 Å². The summed E-state index contributed by atoms with van der Waals surface area (Å²) in [7, 11) is 0. The van der Waals surface area contributed by atoms with Crippen molar-refractivity contribution in [2.24, 2.45) is 11.7 Å². The summed E-state index contributed by atoms with van der Waals surface area (Å²) in [5, 5.41) is 11.4. The first-order valence-electron chi connectivity index (χ1n) is 5.49. The molecule has 90 valence electrons. The van der Waals surface area contributed by atoms with Gasteiger partial charge in [0.25, 0.3) is 0 Å². The molecular weight excluding hydrogens is 208 g/mol. The van der Waals surface area contributed by atoms with E-state index >= 15 is 0 Å². The number of nitrogens with one attached hydrogen (secondary N) is 1. The number of aliphatic carboxylic acids is 1. The Labute approximate surface area is 94.7 Å². The van der Waals surface area contributed by atoms with Gasteiger partial charge in [-0.1, -0.05) is 19.1 Å². The van der Waals surface area contributed by atoms with Crippen LogP contribution < -0.4 is 11.1 Å². The Hall–Kier alpha value is -1.36. The van der Waals surface area contributed by atoms with Crippen molar-refractivity contribution in [2.75, 3.05) is 0 Å². The minimum atomic E-state index is -0.897. The van der Waals surface area contributed by atoms with Crippen LogP contribution >= 0.6 is 0 Å². The van der Waals surface area contributed by atoms with Crippen LogP contribution in [0.4, 0.5) is 0 Å². The standard InChI is InChI=1S/C11H18N2O3/c1-2-9(6-10(14)15)13-11(16)7-3-4-8(12)5-7/h3-4,7-9H,2,5-6,12H2,1H3,(H,13,16)(H,14,15). The van der Waals surface area contributed by atoms with Crippen LogP contribution in [0, 0.1) is 5.92 Å². The molecule has 0 aliphatic heterocycles. The molecule has 1 aliphatic rings. The van der Waals surface area contributed by atoms with Crippen molar-refractivity contribution in [1.82, 2.24) is 5.32 Å². The van der Waals surface area contributed by atoms with Gasteiger partial charge in [-0.25, -0.2) is 0 Å². The molecule has 0 bridgehead atoms. The number of hydrogen-bond donors (Lipinski definition) is 3. The second-order valence-corrected chi connectivity index (χ2v) is 4.10. The smallest absolute Gasteiger partial charge is 0.305 e. The molecule has 1 amide bonds. The van der Waals surface area contributed by atoms with Crippen LogP contribution in [0.3, 0.4) is 0 Å². The zero-order valence-electron chi connectivity index (χ0n) is 9.35. The van der Waals surface area contributed by atoms with Crippen molar-refractivity contribution in [3.8, 4) is 0 Å². The molecule has 0 aromatic carbocycles. The van der Waals surface area contributed by atoms with Crippen LogP contribution in [0.25, 0.3) is 0 Å². The summed E-state index contributed by atoms with van der Waals surface area (Å²) < 4.78 is 0. The second kappa shape index (κ2) is 5.65. The van der Waals surface area contributed by atoms with E-state index in [1.165, 1.54) is 0 Å². The van der Waals surface area contributed by atoms with Crippen LogP contribution in [0.5, 0.6) is 0 Å². The minimum Gasteiger partial charge on any atom is -0.481 e. The first kappa shape index (κ1) is 12.7. The topological polar surface area (TPSA) is 92.4 Å². The normalized spacial score (nSPS) is 25.4. The highest BCUT2D eigenvalue weighted by Crippen LogP contribution is 2.16. The van der Waals surface area contributed by atoms with Crippen molar-refractivity contribution in [3.05, 3.63) is 12.2 Å². The zero-order chi connectivity index (χ0) is 12.1. The summed E-state index contributed by atoms with van der Waals surface area (Å²) in [6.07, 6.45) is 4.77. The number of carbonyl (C=O) groups excluding carboxylic acids is 1. The molecule has 0 heterocycles. The van der Waals surface area contributed by atoms with E-state index < -0.39 is 5.97 Å². The van der Waals surface area contributed by atoms with E-state index in [0.29, 0.717) is 12.8 Å². The van der Waals surface area contributed by atoms with E-state index in [1.807, 2.05) is 13.0 Å². The molecule has 1 rings (SSSR count). The summed E-state index contributed by atoms with van der Waals surface area (Å²) in [4.78, 5) is 22.3. The van der Waals surface area contributed by atoms with Gasteiger partial charge in [0.05, 0.1) is 12.3 Å². The molecule has 0 saturated heterocycles. The number of nitrogens with two attached hydrogens (primary N) is 1. The fourth-order valence-electron chi connectivity index (χ4n) is 1.74. The van der Waals surface area contributed by atoms with Crippen LogP contribution in [0.15, 0.2) is 12.2 Å². The predicted molar refractivity (Wildman–Crippen MR) is 59.7 cm³/mol. The van der Waals surface area contributed by atoms with Gasteiger partial charge in [-0.2, -0.15) is 0 Å². The third kappa shape index (κ3) is 3.66. The highest BCUT2D eigenvalue weighted by molar-refractivity contribution is 5.82. The highest BCUT2D eigenvalue weighted by Gasteiger charge is 2.24.